The number of nitrogens with zero attached hydrogens (tertiary/aromatic N) is 3. The van der Waals surface area contributed by atoms with Crippen molar-refractivity contribution in [2.24, 2.45) is 5.10 Å². The first-order valence-corrected chi connectivity index (χ1v) is 13.8. The lowest BCUT2D eigenvalue weighted by Gasteiger charge is -2.15. The van der Waals surface area contributed by atoms with Crippen LogP contribution in [-0.4, -0.2) is 23.0 Å². The van der Waals surface area contributed by atoms with Crippen molar-refractivity contribution in [2.75, 3.05) is 7.11 Å². The van der Waals surface area contributed by atoms with E-state index in [-0.39, 0.29) is 5.56 Å². The van der Waals surface area contributed by atoms with E-state index in [2.05, 4.69) is 57.9 Å². The summed E-state index contributed by atoms with van der Waals surface area (Å²) >= 11 is 17.1. The normalized spacial score (nSPS) is 11.4. The van der Waals surface area contributed by atoms with Gasteiger partial charge in [-0.25, -0.2) is 4.98 Å². The number of hydrogen-bond acceptors (Lipinski definition) is 5. The molecule has 1 aromatic heterocycles. The minimum atomic E-state index is -0.246. The zero-order valence-electron chi connectivity index (χ0n) is 19.4. The summed E-state index contributed by atoms with van der Waals surface area (Å²) in [7, 11) is 1.54. The molecule has 0 bridgehead atoms. The van der Waals surface area contributed by atoms with Crippen molar-refractivity contribution in [1.29, 1.82) is 0 Å². The van der Waals surface area contributed by atoms with Crippen LogP contribution in [0.5, 0.6) is 11.5 Å². The average Bonchev–Trinajstić information content (AvgIpc) is 2.87. The van der Waals surface area contributed by atoms with E-state index in [1.807, 2.05) is 43.3 Å². The van der Waals surface area contributed by atoms with Crippen LogP contribution in [0.3, 0.4) is 0 Å². The van der Waals surface area contributed by atoms with E-state index in [0.29, 0.717) is 56.3 Å². The summed E-state index contributed by atoms with van der Waals surface area (Å²) in [5.74, 6) is 1.44. The van der Waals surface area contributed by atoms with Gasteiger partial charge in [0, 0.05) is 25.4 Å². The fourth-order valence-electron chi connectivity index (χ4n) is 3.54. The van der Waals surface area contributed by atoms with Crippen molar-refractivity contribution in [2.45, 2.75) is 26.4 Å². The fourth-order valence-corrected chi connectivity index (χ4v) is 4.82. The highest BCUT2D eigenvalue weighted by Crippen LogP contribution is 2.42. The van der Waals surface area contributed by atoms with Gasteiger partial charge in [0.25, 0.3) is 5.56 Å². The van der Waals surface area contributed by atoms with Gasteiger partial charge < -0.3 is 9.47 Å². The Labute approximate surface area is 238 Å². The molecule has 0 fully saturated rings. The van der Waals surface area contributed by atoms with Crippen LogP contribution in [0, 0.1) is 0 Å². The lowest BCUT2D eigenvalue weighted by Crippen LogP contribution is -2.22. The lowest BCUT2D eigenvalue weighted by atomic mass is 10.2. The molecule has 186 valence electrons. The Kier molecular flexibility index (Phi) is 8.87. The van der Waals surface area contributed by atoms with Gasteiger partial charge in [-0.2, -0.15) is 9.78 Å². The first kappa shape index (κ1) is 26.9. The Hall–Kier alpha value is -2.20. The van der Waals surface area contributed by atoms with Gasteiger partial charge in [0.2, 0.25) is 0 Å². The second-order valence-corrected chi connectivity index (χ2v) is 10.8. The number of rotatable bonds is 8. The molecule has 4 aromatic rings. The van der Waals surface area contributed by atoms with Crippen LogP contribution in [0.4, 0.5) is 0 Å². The summed E-state index contributed by atoms with van der Waals surface area (Å²) in [5, 5.41) is 5.32. The Morgan fingerprint density at radius 1 is 1.08 bits per heavy atom. The second-order valence-electron chi connectivity index (χ2n) is 7.84. The summed E-state index contributed by atoms with van der Waals surface area (Å²) in [6.45, 7) is 2.34. The maximum absolute atomic E-state index is 13.3. The minimum Gasteiger partial charge on any atom is -0.493 e. The molecule has 0 atom stereocenters. The highest BCUT2D eigenvalue weighted by Gasteiger charge is 2.18. The van der Waals surface area contributed by atoms with Gasteiger partial charge in [-0.1, -0.05) is 62.5 Å². The van der Waals surface area contributed by atoms with Gasteiger partial charge in [0.1, 0.15) is 17.5 Å². The average molecular weight is 699 g/mol. The molecule has 1 heterocycles. The SMILES string of the molecule is CCCc1nc2ccc(Br)cc2c(=O)n1N=Cc1cc(OC)c(OCc2ccc(Br)cc2)c(Cl)c1Br. The number of fused-ring (bicyclic) bond motifs is 1. The largest absolute Gasteiger partial charge is 0.493 e. The number of aryl methyl sites for hydroxylation is 1. The third-order valence-corrected chi connectivity index (χ3v) is 7.80. The zero-order chi connectivity index (χ0) is 25.8. The van der Waals surface area contributed by atoms with Crippen molar-refractivity contribution in [1.82, 2.24) is 9.66 Å². The molecule has 0 aliphatic heterocycles. The van der Waals surface area contributed by atoms with E-state index in [0.717, 1.165) is 20.9 Å². The Bertz CT molecular complexity index is 1510. The molecule has 0 amide bonds. The van der Waals surface area contributed by atoms with Gasteiger partial charge in [0.15, 0.2) is 11.5 Å². The predicted molar refractivity (Wildman–Crippen MR) is 155 cm³/mol. The summed E-state index contributed by atoms with van der Waals surface area (Å²) in [6, 6.07) is 15.0. The summed E-state index contributed by atoms with van der Waals surface area (Å²) in [6.07, 6.45) is 2.98. The van der Waals surface area contributed by atoms with Crippen molar-refractivity contribution >= 4 is 76.5 Å². The number of benzene rings is 3. The number of methoxy groups -OCH3 is 1. The van der Waals surface area contributed by atoms with E-state index in [1.165, 1.54) is 4.68 Å². The van der Waals surface area contributed by atoms with E-state index < -0.39 is 0 Å². The smallest absolute Gasteiger partial charge is 0.282 e. The third kappa shape index (κ3) is 5.85. The van der Waals surface area contributed by atoms with Crippen LogP contribution < -0.4 is 15.0 Å². The van der Waals surface area contributed by atoms with E-state index in [4.69, 9.17) is 21.1 Å². The van der Waals surface area contributed by atoms with Crippen LogP contribution in [-0.2, 0) is 13.0 Å². The monoisotopic (exact) mass is 695 g/mol. The molecule has 4 rings (SSSR count). The van der Waals surface area contributed by atoms with E-state index >= 15 is 0 Å². The third-order valence-electron chi connectivity index (χ3n) is 5.33. The topological polar surface area (TPSA) is 65.7 Å². The molecular weight excluding hydrogens is 677 g/mol. The molecule has 0 saturated heterocycles. The van der Waals surface area contributed by atoms with Crippen molar-refractivity contribution in [3.63, 3.8) is 0 Å². The van der Waals surface area contributed by atoms with Crippen molar-refractivity contribution in [3.05, 3.63) is 94.3 Å². The molecule has 0 aliphatic carbocycles. The molecule has 3 aromatic carbocycles. The quantitative estimate of drug-likeness (QED) is 0.177. The van der Waals surface area contributed by atoms with Crippen molar-refractivity contribution in [3.8, 4) is 11.5 Å². The standard InChI is InChI=1S/C26H21Br3ClN3O3/c1-3-4-22-32-20-10-9-18(28)12-19(20)26(34)33(22)31-13-16-11-21(35-2)25(24(30)23(16)29)36-14-15-5-7-17(27)8-6-15/h5-13H,3-4,14H2,1-2H3. The van der Waals surface area contributed by atoms with E-state index in [9.17, 15) is 4.79 Å². The zero-order valence-corrected chi connectivity index (χ0v) is 24.9. The van der Waals surface area contributed by atoms with Gasteiger partial charge in [-0.15, -0.1) is 0 Å². The maximum Gasteiger partial charge on any atom is 0.282 e. The molecule has 6 nitrogen and oxygen atoms in total. The number of aromatic nitrogens is 2. The fraction of sp³-hybridized carbons (Fsp3) is 0.192. The molecule has 0 N–H and O–H groups in total. The summed E-state index contributed by atoms with van der Waals surface area (Å²) in [5.41, 5.74) is 1.99. The molecule has 10 heteroatoms. The molecule has 36 heavy (non-hydrogen) atoms. The van der Waals surface area contributed by atoms with Crippen LogP contribution in [0.25, 0.3) is 10.9 Å². The summed E-state index contributed by atoms with van der Waals surface area (Å²) < 4.78 is 15.2. The predicted octanol–water partition coefficient (Wildman–Crippen LogP) is 7.76. The van der Waals surface area contributed by atoms with Gasteiger partial charge >= 0.3 is 0 Å². The van der Waals surface area contributed by atoms with Crippen LogP contribution in [0.1, 0.15) is 30.3 Å². The molecular formula is C26H21Br3ClN3O3. The number of halogens is 4. The number of hydrogen-bond donors (Lipinski definition) is 0. The lowest BCUT2D eigenvalue weighted by molar-refractivity contribution is 0.284. The Morgan fingerprint density at radius 3 is 2.50 bits per heavy atom. The maximum atomic E-state index is 13.3. The first-order chi connectivity index (χ1) is 17.3. The molecule has 0 saturated carbocycles. The van der Waals surface area contributed by atoms with Gasteiger partial charge in [-0.3, -0.25) is 4.79 Å². The Morgan fingerprint density at radius 2 is 1.81 bits per heavy atom. The Balaban J connectivity index is 1.71. The number of ether oxygens (including phenoxy) is 2. The molecule has 0 unspecified atom stereocenters. The van der Waals surface area contributed by atoms with E-state index in [1.54, 1.807) is 25.5 Å². The summed E-state index contributed by atoms with van der Waals surface area (Å²) in [4.78, 5) is 17.9. The highest BCUT2D eigenvalue weighted by molar-refractivity contribution is 9.11. The van der Waals surface area contributed by atoms with Crippen LogP contribution in [0.2, 0.25) is 5.02 Å². The molecule has 0 spiro atoms. The first-order valence-electron chi connectivity index (χ1n) is 11.0. The molecule has 0 aliphatic rings. The van der Waals surface area contributed by atoms with Gasteiger partial charge in [-0.05, 0) is 64.3 Å². The minimum absolute atomic E-state index is 0.246. The van der Waals surface area contributed by atoms with Crippen LogP contribution >= 0.6 is 59.4 Å². The van der Waals surface area contributed by atoms with Crippen LogP contribution in [0.15, 0.2) is 71.8 Å². The second kappa shape index (κ2) is 11.9. The highest BCUT2D eigenvalue weighted by atomic mass is 79.9. The van der Waals surface area contributed by atoms with Crippen molar-refractivity contribution < 1.29 is 9.47 Å². The van der Waals surface area contributed by atoms with Gasteiger partial charge in [0.05, 0.1) is 24.2 Å². The molecule has 0 radical (unpaired) electrons.